The normalized spacial score (nSPS) is 22.7. The van der Waals surface area contributed by atoms with Gasteiger partial charge in [-0.25, -0.2) is 4.98 Å². The van der Waals surface area contributed by atoms with Crippen molar-refractivity contribution < 1.29 is 4.74 Å². The van der Waals surface area contributed by atoms with Crippen molar-refractivity contribution >= 4 is 11.0 Å². The summed E-state index contributed by atoms with van der Waals surface area (Å²) >= 11 is 0. The second-order valence-electron chi connectivity index (χ2n) is 6.37. The molecule has 116 valence electrons. The molecule has 1 N–H and O–H groups in total. The van der Waals surface area contributed by atoms with Gasteiger partial charge in [-0.2, -0.15) is 10.4 Å². The van der Waals surface area contributed by atoms with Gasteiger partial charge in [-0.05, 0) is 26.8 Å². The van der Waals surface area contributed by atoms with E-state index in [2.05, 4.69) is 23.4 Å². The zero-order chi connectivity index (χ0) is 15.9. The lowest BCUT2D eigenvalue weighted by atomic mass is 9.85. The Morgan fingerprint density at radius 3 is 2.95 bits per heavy atom. The first kappa shape index (κ1) is 14.9. The fraction of sp³-hybridized carbons (Fsp3) is 0.562. The molecule has 1 aliphatic heterocycles. The van der Waals surface area contributed by atoms with Gasteiger partial charge in [0.1, 0.15) is 11.6 Å². The molecular weight excluding hydrogens is 278 g/mol. The molecule has 2 aromatic heterocycles. The van der Waals surface area contributed by atoms with Crippen molar-refractivity contribution in [1.82, 2.24) is 20.1 Å². The van der Waals surface area contributed by atoms with E-state index in [0.717, 1.165) is 28.8 Å². The Bertz CT molecular complexity index is 743. The van der Waals surface area contributed by atoms with Crippen molar-refractivity contribution in [2.75, 3.05) is 13.2 Å². The summed E-state index contributed by atoms with van der Waals surface area (Å²) in [5.41, 5.74) is 2.90. The molecule has 0 aliphatic carbocycles. The molecule has 2 atom stereocenters. The lowest BCUT2D eigenvalue weighted by Crippen LogP contribution is -2.41. The number of nitriles is 1. The van der Waals surface area contributed by atoms with Gasteiger partial charge in [0.15, 0.2) is 0 Å². The molecule has 1 fully saturated rings. The number of ether oxygens (including phenoxy) is 1. The van der Waals surface area contributed by atoms with Crippen LogP contribution in [0.5, 0.6) is 0 Å². The number of nitrogens with zero attached hydrogens (tertiary/aromatic N) is 4. The van der Waals surface area contributed by atoms with E-state index in [-0.39, 0.29) is 12.1 Å². The Labute approximate surface area is 130 Å². The molecule has 1 aliphatic rings. The van der Waals surface area contributed by atoms with Crippen molar-refractivity contribution in [1.29, 1.82) is 5.26 Å². The van der Waals surface area contributed by atoms with E-state index < -0.39 is 5.41 Å². The largest absolute Gasteiger partial charge is 0.369 e. The van der Waals surface area contributed by atoms with Gasteiger partial charge in [0.2, 0.25) is 0 Å². The molecule has 0 spiro atoms. The number of hydrogen-bond acceptors (Lipinski definition) is 5. The van der Waals surface area contributed by atoms with Gasteiger partial charge in [-0.15, -0.1) is 0 Å². The summed E-state index contributed by atoms with van der Waals surface area (Å²) in [6.07, 6.45) is 1.64. The summed E-state index contributed by atoms with van der Waals surface area (Å²) in [5, 5.41) is 17.2. The lowest BCUT2D eigenvalue weighted by molar-refractivity contribution is -0.00269. The number of fused-ring (bicyclic) bond motifs is 1. The summed E-state index contributed by atoms with van der Waals surface area (Å²) < 4.78 is 7.68. The fourth-order valence-corrected chi connectivity index (χ4v) is 2.96. The number of pyridine rings is 1. The van der Waals surface area contributed by atoms with Gasteiger partial charge >= 0.3 is 0 Å². The summed E-state index contributed by atoms with van der Waals surface area (Å²) in [6.45, 7) is 7.44. The van der Waals surface area contributed by atoms with Gasteiger partial charge in [0, 0.05) is 25.2 Å². The van der Waals surface area contributed by atoms with Gasteiger partial charge in [0.25, 0.3) is 0 Å². The number of rotatable bonds is 2. The van der Waals surface area contributed by atoms with E-state index in [1.165, 1.54) is 0 Å². The van der Waals surface area contributed by atoms with E-state index in [1.807, 2.05) is 27.0 Å². The molecule has 6 nitrogen and oxygen atoms in total. The minimum Gasteiger partial charge on any atom is -0.369 e. The van der Waals surface area contributed by atoms with Gasteiger partial charge in [0.05, 0.1) is 35.5 Å². The van der Waals surface area contributed by atoms with E-state index in [1.54, 1.807) is 10.9 Å². The van der Waals surface area contributed by atoms with Gasteiger partial charge in [-0.1, -0.05) is 0 Å². The standard InChI is InChI=1S/C16H21N5O/c1-10-15(22-6-5-18-10)12-7-11(16(2,3)9-17)14-13(20-12)8-19-21(14)4/h7-8,10,15,18H,5-6H2,1-4H3/t10?,15-/m1/s1. The molecule has 0 amide bonds. The molecule has 2 aromatic rings. The van der Waals surface area contributed by atoms with E-state index in [4.69, 9.17) is 9.72 Å². The first-order valence-electron chi connectivity index (χ1n) is 7.53. The molecule has 0 aromatic carbocycles. The second-order valence-corrected chi connectivity index (χ2v) is 6.37. The van der Waals surface area contributed by atoms with Gasteiger partial charge < -0.3 is 10.1 Å². The number of nitrogens with one attached hydrogen (secondary N) is 1. The Morgan fingerprint density at radius 2 is 2.27 bits per heavy atom. The van der Waals surface area contributed by atoms with Crippen LogP contribution in [0, 0.1) is 11.3 Å². The van der Waals surface area contributed by atoms with Crippen LogP contribution in [0.1, 0.15) is 38.1 Å². The molecule has 3 rings (SSSR count). The highest BCUT2D eigenvalue weighted by Gasteiger charge is 2.30. The molecule has 1 unspecified atom stereocenters. The van der Waals surface area contributed by atoms with Crippen LogP contribution < -0.4 is 5.32 Å². The Balaban J connectivity index is 2.20. The average Bonchev–Trinajstić information content (AvgIpc) is 2.88. The SMILES string of the molecule is CC1NCCO[C@H]1c1cc(C(C)(C)C#N)c2c(cnn2C)n1. The highest BCUT2D eigenvalue weighted by Crippen LogP contribution is 2.33. The monoisotopic (exact) mass is 299 g/mol. The minimum absolute atomic E-state index is 0.105. The van der Waals surface area contributed by atoms with E-state index in [0.29, 0.717) is 6.61 Å². The predicted molar refractivity (Wildman–Crippen MR) is 83.3 cm³/mol. The van der Waals surface area contributed by atoms with Crippen molar-refractivity contribution in [3.8, 4) is 6.07 Å². The third kappa shape index (κ3) is 2.36. The number of aromatic nitrogens is 3. The number of hydrogen-bond donors (Lipinski definition) is 1. The van der Waals surface area contributed by atoms with Crippen LogP contribution in [0.3, 0.4) is 0 Å². The summed E-state index contributed by atoms with van der Waals surface area (Å²) in [5.74, 6) is 0. The highest BCUT2D eigenvalue weighted by molar-refractivity contribution is 5.80. The van der Waals surface area contributed by atoms with Crippen LogP contribution in [-0.4, -0.2) is 34.0 Å². The molecule has 0 radical (unpaired) electrons. The smallest absolute Gasteiger partial charge is 0.114 e. The molecule has 0 bridgehead atoms. The van der Waals surface area contributed by atoms with Crippen LogP contribution in [0.2, 0.25) is 0 Å². The third-order valence-electron chi connectivity index (χ3n) is 4.28. The molecular formula is C16H21N5O. The summed E-state index contributed by atoms with van der Waals surface area (Å²) in [6, 6.07) is 4.57. The molecule has 0 saturated carbocycles. The minimum atomic E-state index is -0.616. The van der Waals surface area contributed by atoms with Crippen molar-refractivity contribution in [2.24, 2.45) is 7.05 Å². The number of morpholine rings is 1. The van der Waals surface area contributed by atoms with Crippen molar-refractivity contribution in [3.63, 3.8) is 0 Å². The Kier molecular flexibility index (Phi) is 3.63. The topological polar surface area (TPSA) is 75.8 Å². The maximum atomic E-state index is 9.54. The van der Waals surface area contributed by atoms with Crippen LogP contribution in [0.25, 0.3) is 11.0 Å². The molecule has 1 saturated heterocycles. The zero-order valence-corrected chi connectivity index (χ0v) is 13.4. The quantitative estimate of drug-likeness (QED) is 0.915. The van der Waals surface area contributed by atoms with Crippen molar-refractivity contribution in [2.45, 2.75) is 38.3 Å². The molecule has 6 heteroatoms. The highest BCUT2D eigenvalue weighted by atomic mass is 16.5. The van der Waals surface area contributed by atoms with Gasteiger partial charge in [-0.3, -0.25) is 4.68 Å². The summed E-state index contributed by atoms with van der Waals surface area (Å²) in [7, 11) is 1.88. The van der Waals surface area contributed by atoms with Crippen molar-refractivity contribution in [3.05, 3.63) is 23.5 Å². The van der Waals surface area contributed by atoms with Crippen LogP contribution in [0.4, 0.5) is 0 Å². The van der Waals surface area contributed by atoms with Crippen LogP contribution in [-0.2, 0) is 17.2 Å². The zero-order valence-electron chi connectivity index (χ0n) is 13.4. The van der Waals surface area contributed by atoms with E-state index >= 15 is 0 Å². The molecule has 22 heavy (non-hydrogen) atoms. The average molecular weight is 299 g/mol. The maximum Gasteiger partial charge on any atom is 0.114 e. The van der Waals surface area contributed by atoms with E-state index in [9.17, 15) is 5.26 Å². The molecule has 3 heterocycles. The first-order chi connectivity index (χ1) is 10.4. The van der Waals surface area contributed by atoms with Crippen LogP contribution >= 0.6 is 0 Å². The maximum absolute atomic E-state index is 9.54. The summed E-state index contributed by atoms with van der Waals surface area (Å²) in [4.78, 5) is 4.72. The van der Waals surface area contributed by atoms with Crippen LogP contribution in [0.15, 0.2) is 12.3 Å². The fourth-order valence-electron chi connectivity index (χ4n) is 2.96. The Morgan fingerprint density at radius 1 is 1.50 bits per heavy atom. The Hall–Kier alpha value is -1.97. The number of aryl methyl sites for hydroxylation is 1. The first-order valence-corrected chi connectivity index (χ1v) is 7.53. The second kappa shape index (κ2) is 5.34. The third-order valence-corrected chi connectivity index (χ3v) is 4.28. The lowest BCUT2D eigenvalue weighted by Gasteiger charge is -2.30. The predicted octanol–water partition coefficient (Wildman–Crippen LogP) is 1.82.